The molecular formula is C18H11ClFNO2. The minimum atomic E-state index is -0.413. The van der Waals surface area contributed by atoms with Gasteiger partial charge in [0.15, 0.2) is 11.5 Å². The number of ether oxygens (including phenoxy) is 2. The van der Waals surface area contributed by atoms with Gasteiger partial charge in [0.25, 0.3) is 0 Å². The van der Waals surface area contributed by atoms with E-state index in [2.05, 4.69) is 6.07 Å². The maximum absolute atomic E-state index is 13.3. The molecule has 114 valence electrons. The van der Waals surface area contributed by atoms with Crippen molar-refractivity contribution in [3.63, 3.8) is 0 Å². The van der Waals surface area contributed by atoms with Gasteiger partial charge in [-0.2, -0.15) is 5.26 Å². The van der Waals surface area contributed by atoms with Crippen LogP contribution in [0.3, 0.4) is 0 Å². The van der Waals surface area contributed by atoms with Crippen molar-refractivity contribution in [2.75, 3.05) is 7.11 Å². The van der Waals surface area contributed by atoms with E-state index in [9.17, 15) is 4.39 Å². The zero-order valence-electron chi connectivity index (χ0n) is 12.1. The highest BCUT2D eigenvalue weighted by atomic mass is 35.5. The first kappa shape index (κ1) is 15.1. The van der Waals surface area contributed by atoms with Crippen molar-refractivity contribution in [1.29, 1.82) is 5.26 Å². The van der Waals surface area contributed by atoms with Crippen LogP contribution in [0.1, 0.15) is 5.56 Å². The van der Waals surface area contributed by atoms with Gasteiger partial charge in [-0.15, -0.1) is 0 Å². The number of halogens is 2. The molecule has 0 aliphatic carbocycles. The monoisotopic (exact) mass is 327 g/mol. The van der Waals surface area contributed by atoms with E-state index in [-0.39, 0.29) is 5.75 Å². The number of benzene rings is 3. The van der Waals surface area contributed by atoms with E-state index in [1.54, 1.807) is 30.3 Å². The lowest BCUT2D eigenvalue weighted by molar-refractivity contribution is 0.377. The Balaban J connectivity index is 2.12. The van der Waals surface area contributed by atoms with E-state index in [1.807, 2.05) is 0 Å². The highest BCUT2D eigenvalue weighted by Gasteiger charge is 2.11. The number of methoxy groups -OCH3 is 1. The molecule has 0 bridgehead atoms. The molecule has 0 saturated heterocycles. The van der Waals surface area contributed by atoms with Crippen molar-refractivity contribution in [2.45, 2.75) is 0 Å². The van der Waals surface area contributed by atoms with Gasteiger partial charge in [0.1, 0.15) is 11.6 Å². The highest BCUT2D eigenvalue weighted by molar-refractivity contribution is 6.31. The Morgan fingerprint density at radius 2 is 1.83 bits per heavy atom. The van der Waals surface area contributed by atoms with Crippen molar-refractivity contribution >= 4 is 22.4 Å². The van der Waals surface area contributed by atoms with Gasteiger partial charge in [0.05, 0.1) is 18.7 Å². The Bertz CT molecular complexity index is 934. The van der Waals surface area contributed by atoms with Crippen LogP contribution in [0.15, 0.2) is 48.5 Å². The summed E-state index contributed by atoms with van der Waals surface area (Å²) in [6, 6.07) is 14.8. The minimum absolute atomic E-state index is 0.284. The molecule has 0 amide bonds. The summed E-state index contributed by atoms with van der Waals surface area (Å²) in [6.45, 7) is 0. The second-order valence-electron chi connectivity index (χ2n) is 4.85. The SMILES string of the molecule is COc1cc(F)ccc1Oc1cc(Cl)cc2cc(C#N)ccc12. The highest BCUT2D eigenvalue weighted by Crippen LogP contribution is 2.37. The fourth-order valence-electron chi connectivity index (χ4n) is 2.30. The smallest absolute Gasteiger partial charge is 0.169 e. The summed E-state index contributed by atoms with van der Waals surface area (Å²) < 4.78 is 24.3. The quantitative estimate of drug-likeness (QED) is 0.655. The predicted molar refractivity (Wildman–Crippen MR) is 86.7 cm³/mol. The number of fused-ring (bicyclic) bond motifs is 1. The van der Waals surface area contributed by atoms with Crippen LogP contribution in [0.2, 0.25) is 5.02 Å². The Morgan fingerprint density at radius 1 is 1.00 bits per heavy atom. The van der Waals surface area contributed by atoms with Crippen LogP contribution in [0.5, 0.6) is 17.2 Å². The van der Waals surface area contributed by atoms with E-state index in [0.717, 1.165) is 10.8 Å². The summed E-state index contributed by atoms with van der Waals surface area (Å²) in [5.41, 5.74) is 0.532. The standard InChI is InChI=1S/C18H11ClFNO2/c1-22-18-9-14(20)3-5-16(18)23-17-8-13(19)7-12-6-11(10-21)2-4-15(12)17/h2-9H,1H3. The topological polar surface area (TPSA) is 42.2 Å². The summed E-state index contributed by atoms with van der Waals surface area (Å²) >= 11 is 6.13. The van der Waals surface area contributed by atoms with Crippen molar-refractivity contribution < 1.29 is 13.9 Å². The number of hydrogen-bond acceptors (Lipinski definition) is 3. The molecule has 3 aromatic rings. The molecule has 0 atom stereocenters. The molecule has 0 spiro atoms. The molecule has 3 rings (SSSR count). The Labute approximate surface area is 137 Å². The predicted octanol–water partition coefficient (Wildman–Crippen LogP) is 5.30. The third-order valence-electron chi connectivity index (χ3n) is 3.35. The summed E-state index contributed by atoms with van der Waals surface area (Å²) in [6.07, 6.45) is 0. The number of rotatable bonds is 3. The van der Waals surface area contributed by atoms with E-state index in [1.165, 1.54) is 25.3 Å². The molecule has 0 heterocycles. The van der Waals surface area contributed by atoms with Crippen LogP contribution >= 0.6 is 11.6 Å². The van der Waals surface area contributed by atoms with Gasteiger partial charge < -0.3 is 9.47 Å². The Hall–Kier alpha value is -2.77. The zero-order chi connectivity index (χ0) is 16.4. The molecule has 23 heavy (non-hydrogen) atoms. The number of hydrogen-bond donors (Lipinski definition) is 0. The molecule has 5 heteroatoms. The summed E-state index contributed by atoms with van der Waals surface area (Å²) in [7, 11) is 1.44. The fourth-order valence-corrected chi connectivity index (χ4v) is 2.51. The van der Waals surface area contributed by atoms with E-state index < -0.39 is 5.82 Å². The molecule has 0 N–H and O–H groups in total. The van der Waals surface area contributed by atoms with Crippen molar-refractivity contribution in [2.24, 2.45) is 0 Å². The summed E-state index contributed by atoms with van der Waals surface area (Å²) in [5.74, 6) is 0.749. The fraction of sp³-hybridized carbons (Fsp3) is 0.0556. The molecule has 3 nitrogen and oxygen atoms in total. The summed E-state index contributed by atoms with van der Waals surface area (Å²) in [5, 5.41) is 11.1. The van der Waals surface area contributed by atoms with Crippen LogP contribution in [-0.4, -0.2) is 7.11 Å². The van der Waals surface area contributed by atoms with Crippen molar-refractivity contribution in [3.05, 3.63) is 64.9 Å². The molecule has 0 aliphatic rings. The third-order valence-corrected chi connectivity index (χ3v) is 3.57. The van der Waals surface area contributed by atoms with Gasteiger partial charge >= 0.3 is 0 Å². The molecular weight excluding hydrogens is 317 g/mol. The third kappa shape index (κ3) is 3.05. The molecule has 3 aromatic carbocycles. The van der Waals surface area contributed by atoms with E-state index in [0.29, 0.717) is 22.1 Å². The summed E-state index contributed by atoms with van der Waals surface area (Å²) in [4.78, 5) is 0. The largest absolute Gasteiger partial charge is 0.493 e. The van der Waals surface area contributed by atoms with Gasteiger partial charge in [0, 0.05) is 22.5 Å². The van der Waals surface area contributed by atoms with Gasteiger partial charge in [-0.25, -0.2) is 4.39 Å². The normalized spacial score (nSPS) is 10.3. The van der Waals surface area contributed by atoms with Gasteiger partial charge in [-0.05, 0) is 41.8 Å². The van der Waals surface area contributed by atoms with Gasteiger partial charge in [-0.1, -0.05) is 11.6 Å². The molecule has 0 fully saturated rings. The Morgan fingerprint density at radius 3 is 2.57 bits per heavy atom. The number of nitrogens with zero attached hydrogens (tertiary/aromatic N) is 1. The molecule has 0 aromatic heterocycles. The van der Waals surface area contributed by atoms with Crippen LogP contribution in [-0.2, 0) is 0 Å². The average molecular weight is 328 g/mol. The van der Waals surface area contributed by atoms with Crippen LogP contribution in [0, 0.1) is 17.1 Å². The van der Waals surface area contributed by atoms with Crippen LogP contribution in [0.25, 0.3) is 10.8 Å². The lowest BCUT2D eigenvalue weighted by atomic mass is 10.1. The average Bonchev–Trinajstić information content (AvgIpc) is 2.55. The second kappa shape index (κ2) is 6.15. The molecule has 0 radical (unpaired) electrons. The van der Waals surface area contributed by atoms with Gasteiger partial charge in [-0.3, -0.25) is 0 Å². The number of nitriles is 1. The molecule has 0 unspecified atom stereocenters. The minimum Gasteiger partial charge on any atom is -0.493 e. The van der Waals surface area contributed by atoms with Crippen molar-refractivity contribution in [3.8, 4) is 23.3 Å². The van der Waals surface area contributed by atoms with Crippen LogP contribution in [0.4, 0.5) is 4.39 Å². The first-order valence-electron chi connectivity index (χ1n) is 6.75. The first-order chi connectivity index (χ1) is 11.1. The Kier molecular flexibility index (Phi) is 4.05. The molecule has 0 saturated carbocycles. The zero-order valence-corrected chi connectivity index (χ0v) is 12.9. The lowest BCUT2D eigenvalue weighted by Gasteiger charge is -2.13. The van der Waals surface area contributed by atoms with Crippen LogP contribution < -0.4 is 9.47 Å². The van der Waals surface area contributed by atoms with Gasteiger partial charge in [0.2, 0.25) is 0 Å². The lowest BCUT2D eigenvalue weighted by Crippen LogP contribution is -1.92. The maximum Gasteiger partial charge on any atom is 0.169 e. The maximum atomic E-state index is 13.3. The first-order valence-corrected chi connectivity index (χ1v) is 7.13. The van der Waals surface area contributed by atoms with E-state index in [4.69, 9.17) is 26.3 Å². The van der Waals surface area contributed by atoms with Crippen molar-refractivity contribution in [1.82, 2.24) is 0 Å². The molecule has 0 aliphatic heterocycles. The van der Waals surface area contributed by atoms with E-state index >= 15 is 0 Å². The second-order valence-corrected chi connectivity index (χ2v) is 5.29.